The molecule has 1 heterocycles. The zero-order chi connectivity index (χ0) is 14.8. The van der Waals surface area contributed by atoms with Crippen LogP contribution in [0.15, 0.2) is 23.4 Å². The van der Waals surface area contributed by atoms with Crippen LogP contribution in [0.2, 0.25) is 0 Å². The summed E-state index contributed by atoms with van der Waals surface area (Å²) in [6.07, 6.45) is 1.86. The van der Waals surface area contributed by atoms with Crippen LogP contribution >= 0.6 is 0 Å². The van der Waals surface area contributed by atoms with Gasteiger partial charge in [0.15, 0.2) is 0 Å². The third-order valence-electron chi connectivity index (χ3n) is 2.13. The van der Waals surface area contributed by atoms with E-state index < -0.39 is 36.9 Å². The van der Waals surface area contributed by atoms with Crippen molar-refractivity contribution in [3.05, 3.63) is 28.6 Å². The fraction of sp³-hybridized carbons (Fsp3) is 0.400. The Morgan fingerprint density at radius 1 is 1.37 bits per heavy atom. The summed E-state index contributed by atoms with van der Waals surface area (Å²) in [5.74, 6) is -0.709. The van der Waals surface area contributed by atoms with Gasteiger partial charge >= 0.3 is 0 Å². The van der Waals surface area contributed by atoms with Gasteiger partial charge in [-0.3, -0.25) is 19.9 Å². The highest BCUT2D eigenvalue weighted by atomic mass is 32.2. The summed E-state index contributed by atoms with van der Waals surface area (Å²) in [5.41, 5.74) is -1.37. The minimum atomic E-state index is -4.17. The van der Waals surface area contributed by atoms with Crippen molar-refractivity contribution in [3.8, 4) is 0 Å². The van der Waals surface area contributed by atoms with E-state index in [4.69, 9.17) is 0 Å². The number of nitrogens with one attached hydrogen (secondary N) is 1. The summed E-state index contributed by atoms with van der Waals surface area (Å²) in [6, 6.07) is 0.839. The first kappa shape index (κ1) is 15.0. The monoisotopic (exact) mass is 287 g/mol. The number of pyridine rings is 1. The van der Waals surface area contributed by atoms with Gasteiger partial charge in [0.25, 0.3) is 15.7 Å². The van der Waals surface area contributed by atoms with Gasteiger partial charge in [-0.05, 0) is 0 Å². The largest absolute Gasteiger partial charge is 0.288 e. The van der Waals surface area contributed by atoms with E-state index in [-0.39, 0.29) is 0 Å². The standard InChI is InChI=1S/C10H13N3O5S/c1-10(2,3)9(14)12-19(17,18)8-4-7(13(15)16)5-11-6-8/h4-6H,1-3H3,(H,12,14). The fourth-order valence-electron chi connectivity index (χ4n) is 0.988. The van der Waals surface area contributed by atoms with Gasteiger partial charge in [0.05, 0.1) is 4.92 Å². The van der Waals surface area contributed by atoms with E-state index in [2.05, 4.69) is 4.98 Å². The lowest BCUT2D eigenvalue weighted by Gasteiger charge is -2.17. The zero-order valence-corrected chi connectivity index (χ0v) is 11.4. The number of amides is 1. The first-order valence-corrected chi connectivity index (χ1v) is 6.69. The highest BCUT2D eigenvalue weighted by Gasteiger charge is 2.28. The predicted octanol–water partition coefficient (Wildman–Crippen LogP) is 0.841. The van der Waals surface area contributed by atoms with Crippen LogP contribution in [-0.4, -0.2) is 24.2 Å². The number of carbonyl (C=O) groups excluding carboxylic acids is 1. The van der Waals surface area contributed by atoms with Crippen molar-refractivity contribution in [2.45, 2.75) is 25.7 Å². The number of carbonyl (C=O) groups is 1. The van der Waals surface area contributed by atoms with Gasteiger partial charge in [0, 0.05) is 17.7 Å². The Morgan fingerprint density at radius 3 is 2.42 bits per heavy atom. The molecule has 1 aromatic heterocycles. The molecular weight excluding hydrogens is 274 g/mol. The minimum absolute atomic E-state index is 0.431. The van der Waals surface area contributed by atoms with Crippen LogP contribution in [0.25, 0.3) is 0 Å². The Hall–Kier alpha value is -2.03. The Balaban J connectivity index is 3.11. The summed E-state index contributed by atoms with van der Waals surface area (Å²) in [5, 5.41) is 10.5. The first-order valence-electron chi connectivity index (χ1n) is 5.21. The SMILES string of the molecule is CC(C)(C)C(=O)NS(=O)(=O)c1cncc([N+](=O)[O-])c1. The first-order chi connectivity index (χ1) is 8.54. The molecule has 1 aromatic rings. The van der Waals surface area contributed by atoms with E-state index in [0.717, 1.165) is 18.5 Å². The molecule has 1 rings (SSSR count). The summed E-state index contributed by atoms with van der Waals surface area (Å²) in [4.78, 5) is 24.4. The maximum Gasteiger partial charge on any atom is 0.288 e. The third-order valence-corrected chi connectivity index (χ3v) is 3.43. The molecule has 1 N–H and O–H groups in total. The summed E-state index contributed by atoms with van der Waals surface area (Å²) in [7, 11) is -4.17. The van der Waals surface area contributed by atoms with Crippen LogP contribution in [0, 0.1) is 15.5 Å². The second-order valence-corrected chi connectivity index (χ2v) is 6.50. The van der Waals surface area contributed by atoms with Crippen molar-refractivity contribution in [2.24, 2.45) is 5.41 Å². The van der Waals surface area contributed by atoms with Crippen molar-refractivity contribution in [1.29, 1.82) is 0 Å². The maximum absolute atomic E-state index is 11.9. The molecule has 0 bridgehead atoms. The van der Waals surface area contributed by atoms with Gasteiger partial charge in [-0.2, -0.15) is 0 Å². The van der Waals surface area contributed by atoms with Crippen LogP contribution in [0.1, 0.15) is 20.8 Å². The molecule has 0 spiro atoms. The van der Waals surface area contributed by atoms with Gasteiger partial charge < -0.3 is 0 Å². The number of aromatic nitrogens is 1. The fourth-order valence-corrected chi connectivity index (χ4v) is 2.13. The Morgan fingerprint density at radius 2 is 1.95 bits per heavy atom. The van der Waals surface area contributed by atoms with E-state index in [1.807, 2.05) is 4.72 Å². The topological polar surface area (TPSA) is 119 Å². The Bertz CT molecular complexity index is 618. The maximum atomic E-state index is 11.9. The average Bonchev–Trinajstić information content (AvgIpc) is 2.27. The predicted molar refractivity (Wildman–Crippen MR) is 65.7 cm³/mol. The Kier molecular flexibility index (Phi) is 3.89. The number of rotatable bonds is 3. The van der Waals surface area contributed by atoms with E-state index in [0.29, 0.717) is 0 Å². The number of sulfonamides is 1. The molecule has 1 amide bonds. The lowest BCUT2D eigenvalue weighted by molar-refractivity contribution is -0.385. The Labute approximate surface area is 110 Å². The molecule has 8 nitrogen and oxygen atoms in total. The molecule has 0 saturated heterocycles. The van der Waals surface area contributed by atoms with Gasteiger partial charge in [-0.15, -0.1) is 0 Å². The number of nitro groups is 1. The summed E-state index contributed by atoms with van der Waals surface area (Å²) >= 11 is 0. The number of hydrogen-bond acceptors (Lipinski definition) is 6. The zero-order valence-electron chi connectivity index (χ0n) is 10.6. The van der Waals surface area contributed by atoms with E-state index >= 15 is 0 Å². The lowest BCUT2D eigenvalue weighted by atomic mass is 9.96. The van der Waals surface area contributed by atoms with Crippen molar-refractivity contribution in [1.82, 2.24) is 9.71 Å². The summed E-state index contributed by atoms with van der Waals surface area (Å²) < 4.78 is 25.6. The molecule has 0 unspecified atom stereocenters. The van der Waals surface area contributed by atoms with Gasteiger partial charge in [0.1, 0.15) is 11.1 Å². The van der Waals surface area contributed by atoms with Crippen LogP contribution in [0.3, 0.4) is 0 Å². The van der Waals surface area contributed by atoms with Gasteiger partial charge in [0.2, 0.25) is 5.91 Å². The molecular formula is C10H13N3O5S. The molecule has 19 heavy (non-hydrogen) atoms. The smallest absolute Gasteiger partial charge is 0.273 e. The number of hydrogen-bond donors (Lipinski definition) is 1. The average molecular weight is 287 g/mol. The lowest BCUT2D eigenvalue weighted by Crippen LogP contribution is -2.38. The van der Waals surface area contributed by atoms with Crippen molar-refractivity contribution in [3.63, 3.8) is 0 Å². The molecule has 9 heteroatoms. The molecule has 0 aliphatic carbocycles. The molecule has 0 aromatic carbocycles. The highest BCUT2D eigenvalue weighted by molar-refractivity contribution is 7.90. The van der Waals surface area contributed by atoms with Crippen molar-refractivity contribution in [2.75, 3.05) is 0 Å². The second-order valence-electron chi connectivity index (χ2n) is 4.82. The second kappa shape index (κ2) is 4.92. The van der Waals surface area contributed by atoms with Crippen LogP contribution in [0.5, 0.6) is 0 Å². The number of nitrogens with zero attached hydrogens (tertiary/aromatic N) is 2. The van der Waals surface area contributed by atoms with Crippen molar-refractivity contribution < 1.29 is 18.1 Å². The third kappa shape index (κ3) is 3.71. The molecule has 0 atom stereocenters. The normalized spacial score (nSPS) is 11.9. The van der Waals surface area contributed by atoms with Crippen LogP contribution in [-0.2, 0) is 14.8 Å². The van der Waals surface area contributed by atoms with Crippen LogP contribution < -0.4 is 4.72 Å². The molecule has 0 aliphatic rings. The molecule has 104 valence electrons. The van der Waals surface area contributed by atoms with Crippen LogP contribution in [0.4, 0.5) is 5.69 Å². The molecule has 0 fully saturated rings. The molecule has 0 radical (unpaired) electrons. The van der Waals surface area contributed by atoms with E-state index in [1.54, 1.807) is 20.8 Å². The molecule has 0 aliphatic heterocycles. The molecule has 0 saturated carbocycles. The minimum Gasteiger partial charge on any atom is -0.273 e. The summed E-state index contributed by atoms with van der Waals surface area (Å²) in [6.45, 7) is 4.64. The van der Waals surface area contributed by atoms with Gasteiger partial charge in [-0.1, -0.05) is 20.8 Å². The quantitative estimate of drug-likeness (QED) is 0.649. The van der Waals surface area contributed by atoms with E-state index in [1.165, 1.54) is 0 Å². The van der Waals surface area contributed by atoms with E-state index in [9.17, 15) is 23.3 Å². The van der Waals surface area contributed by atoms with Crippen molar-refractivity contribution >= 4 is 21.6 Å². The highest BCUT2D eigenvalue weighted by Crippen LogP contribution is 2.18. The van der Waals surface area contributed by atoms with Gasteiger partial charge in [-0.25, -0.2) is 13.1 Å².